The van der Waals surface area contributed by atoms with Crippen LogP contribution in [0.1, 0.15) is 38.0 Å². The Morgan fingerprint density at radius 3 is 3.05 bits per heavy atom. The van der Waals surface area contributed by atoms with Gasteiger partial charge < -0.3 is 14.5 Å². The molecule has 108 valence electrons. The Morgan fingerprint density at radius 1 is 1.40 bits per heavy atom. The van der Waals surface area contributed by atoms with Gasteiger partial charge in [-0.15, -0.1) is 0 Å². The molecule has 4 heteroatoms. The molecule has 1 aromatic carbocycles. The molecule has 0 radical (unpaired) electrons. The number of benzene rings is 1. The van der Waals surface area contributed by atoms with Crippen LogP contribution in [0.4, 0.5) is 4.39 Å². The first-order chi connectivity index (χ1) is 9.76. The largest absolute Gasteiger partial charge is 0.459 e. The summed E-state index contributed by atoms with van der Waals surface area (Å²) >= 11 is 0. The van der Waals surface area contributed by atoms with Crippen LogP contribution in [-0.4, -0.2) is 19.3 Å². The summed E-state index contributed by atoms with van der Waals surface area (Å²) in [5, 5.41) is 4.25. The van der Waals surface area contributed by atoms with E-state index in [0.29, 0.717) is 6.10 Å². The fourth-order valence-corrected chi connectivity index (χ4v) is 2.85. The van der Waals surface area contributed by atoms with Gasteiger partial charge in [0.25, 0.3) is 0 Å². The van der Waals surface area contributed by atoms with E-state index in [2.05, 4.69) is 12.2 Å². The molecule has 1 aromatic heterocycles. The molecule has 0 spiro atoms. The summed E-state index contributed by atoms with van der Waals surface area (Å²) in [6.07, 6.45) is 3.44. The van der Waals surface area contributed by atoms with Crippen molar-refractivity contribution in [3.05, 3.63) is 35.8 Å². The lowest BCUT2D eigenvalue weighted by Crippen LogP contribution is -2.24. The summed E-state index contributed by atoms with van der Waals surface area (Å²) in [5.74, 6) is 0.631. The average molecular weight is 277 g/mol. The summed E-state index contributed by atoms with van der Waals surface area (Å²) in [6, 6.07) is 6.68. The van der Waals surface area contributed by atoms with Crippen LogP contribution in [0.5, 0.6) is 0 Å². The van der Waals surface area contributed by atoms with Crippen LogP contribution in [0.3, 0.4) is 0 Å². The summed E-state index contributed by atoms with van der Waals surface area (Å²) in [6.45, 7) is 3.79. The zero-order valence-electron chi connectivity index (χ0n) is 11.7. The molecule has 2 unspecified atom stereocenters. The third-order valence-electron chi connectivity index (χ3n) is 3.81. The predicted molar refractivity (Wildman–Crippen MR) is 76.2 cm³/mol. The highest BCUT2D eigenvalue weighted by Crippen LogP contribution is 2.29. The molecule has 0 amide bonds. The van der Waals surface area contributed by atoms with Crippen LogP contribution >= 0.6 is 0 Å². The van der Waals surface area contributed by atoms with Gasteiger partial charge in [0.2, 0.25) is 0 Å². The lowest BCUT2D eigenvalue weighted by atomic mass is 10.0. The number of furan rings is 1. The lowest BCUT2D eigenvalue weighted by molar-refractivity contribution is 0.0924. The highest BCUT2D eigenvalue weighted by molar-refractivity contribution is 5.78. The van der Waals surface area contributed by atoms with E-state index in [9.17, 15) is 4.39 Å². The molecule has 2 aromatic rings. The molecule has 1 saturated heterocycles. The van der Waals surface area contributed by atoms with E-state index >= 15 is 0 Å². The monoisotopic (exact) mass is 277 g/mol. The first kappa shape index (κ1) is 13.6. The first-order valence-electron chi connectivity index (χ1n) is 7.30. The second-order valence-corrected chi connectivity index (χ2v) is 5.31. The molecule has 3 rings (SSSR count). The SMILES string of the molecule is CCNC(CC1CCCO1)c1cc2cc(F)ccc2o1. The summed E-state index contributed by atoms with van der Waals surface area (Å²) < 4.78 is 24.8. The van der Waals surface area contributed by atoms with E-state index in [0.717, 1.165) is 49.1 Å². The molecule has 3 nitrogen and oxygen atoms in total. The second kappa shape index (κ2) is 5.94. The van der Waals surface area contributed by atoms with Crippen molar-refractivity contribution in [1.82, 2.24) is 5.32 Å². The summed E-state index contributed by atoms with van der Waals surface area (Å²) in [7, 11) is 0. The molecular weight excluding hydrogens is 257 g/mol. The van der Waals surface area contributed by atoms with E-state index < -0.39 is 0 Å². The number of hydrogen-bond acceptors (Lipinski definition) is 3. The molecule has 2 atom stereocenters. The maximum Gasteiger partial charge on any atom is 0.134 e. The van der Waals surface area contributed by atoms with Gasteiger partial charge in [0.1, 0.15) is 17.2 Å². The quantitative estimate of drug-likeness (QED) is 0.903. The van der Waals surface area contributed by atoms with Gasteiger partial charge in [-0.2, -0.15) is 0 Å². The van der Waals surface area contributed by atoms with Gasteiger partial charge >= 0.3 is 0 Å². The standard InChI is InChI=1S/C16H20FNO2/c1-2-18-14(10-13-4-3-7-19-13)16-9-11-8-12(17)5-6-15(11)20-16/h5-6,8-9,13-14,18H,2-4,7,10H2,1H3. The van der Waals surface area contributed by atoms with Crippen LogP contribution in [0.2, 0.25) is 0 Å². The van der Waals surface area contributed by atoms with Crippen LogP contribution in [0.15, 0.2) is 28.7 Å². The van der Waals surface area contributed by atoms with E-state index in [-0.39, 0.29) is 11.9 Å². The minimum Gasteiger partial charge on any atom is -0.459 e. The molecule has 0 bridgehead atoms. The van der Waals surface area contributed by atoms with Gasteiger partial charge in [0, 0.05) is 12.0 Å². The molecular formula is C16H20FNO2. The normalized spacial score (nSPS) is 20.6. The molecule has 1 aliphatic heterocycles. The lowest BCUT2D eigenvalue weighted by Gasteiger charge is -2.19. The van der Waals surface area contributed by atoms with Gasteiger partial charge in [0.05, 0.1) is 12.1 Å². The van der Waals surface area contributed by atoms with Crippen LogP contribution in [-0.2, 0) is 4.74 Å². The summed E-state index contributed by atoms with van der Waals surface area (Å²) in [4.78, 5) is 0. The van der Waals surface area contributed by atoms with Crippen molar-refractivity contribution in [2.75, 3.05) is 13.2 Å². The molecule has 0 saturated carbocycles. The summed E-state index contributed by atoms with van der Waals surface area (Å²) in [5.41, 5.74) is 0.733. The van der Waals surface area contributed by atoms with Crippen molar-refractivity contribution in [1.29, 1.82) is 0 Å². The Bertz CT molecular complexity index is 575. The number of fused-ring (bicyclic) bond motifs is 1. The van der Waals surface area contributed by atoms with Crippen molar-refractivity contribution in [2.24, 2.45) is 0 Å². The second-order valence-electron chi connectivity index (χ2n) is 5.31. The van der Waals surface area contributed by atoms with Crippen molar-refractivity contribution >= 4 is 11.0 Å². The maximum atomic E-state index is 13.2. The van der Waals surface area contributed by atoms with Gasteiger partial charge in [0.15, 0.2) is 0 Å². The highest BCUT2D eigenvalue weighted by Gasteiger charge is 2.23. The first-order valence-corrected chi connectivity index (χ1v) is 7.30. The fraction of sp³-hybridized carbons (Fsp3) is 0.500. The maximum absolute atomic E-state index is 13.2. The van der Waals surface area contributed by atoms with Gasteiger partial charge in [-0.3, -0.25) is 0 Å². The highest BCUT2D eigenvalue weighted by atomic mass is 19.1. The van der Waals surface area contributed by atoms with E-state index in [1.54, 1.807) is 6.07 Å². The Kier molecular flexibility index (Phi) is 4.03. The van der Waals surface area contributed by atoms with E-state index in [4.69, 9.17) is 9.15 Å². The molecule has 1 fully saturated rings. The number of nitrogens with one attached hydrogen (secondary N) is 1. The van der Waals surface area contributed by atoms with Gasteiger partial charge in [-0.1, -0.05) is 6.92 Å². The smallest absolute Gasteiger partial charge is 0.134 e. The minimum absolute atomic E-state index is 0.124. The Hall–Kier alpha value is -1.39. The number of ether oxygens (including phenoxy) is 1. The van der Waals surface area contributed by atoms with E-state index in [1.165, 1.54) is 12.1 Å². The topological polar surface area (TPSA) is 34.4 Å². The van der Waals surface area contributed by atoms with Crippen LogP contribution < -0.4 is 5.32 Å². The molecule has 20 heavy (non-hydrogen) atoms. The molecule has 2 heterocycles. The zero-order chi connectivity index (χ0) is 13.9. The molecule has 1 N–H and O–H groups in total. The third-order valence-corrected chi connectivity index (χ3v) is 3.81. The zero-order valence-corrected chi connectivity index (χ0v) is 11.7. The Balaban J connectivity index is 1.83. The van der Waals surface area contributed by atoms with Crippen molar-refractivity contribution in [3.8, 4) is 0 Å². The minimum atomic E-state index is -0.232. The Labute approximate surface area is 118 Å². The van der Waals surface area contributed by atoms with Crippen LogP contribution in [0.25, 0.3) is 11.0 Å². The fourth-order valence-electron chi connectivity index (χ4n) is 2.85. The number of hydrogen-bond donors (Lipinski definition) is 1. The number of rotatable bonds is 5. The van der Waals surface area contributed by atoms with Gasteiger partial charge in [-0.05, 0) is 50.1 Å². The third kappa shape index (κ3) is 2.86. The molecule has 0 aliphatic carbocycles. The van der Waals surface area contributed by atoms with Crippen molar-refractivity contribution in [3.63, 3.8) is 0 Å². The Morgan fingerprint density at radius 2 is 2.30 bits per heavy atom. The number of halogens is 1. The van der Waals surface area contributed by atoms with Crippen LogP contribution in [0, 0.1) is 5.82 Å². The van der Waals surface area contributed by atoms with E-state index in [1.807, 2.05) is 6.07 Å². The van der Waals surface area contributed by atoms with Crippen molar-refractivity contribution < 1.29 is 13.5 Å². The van der Waals surface area contributed by atoms with Crippen molar-refractivity contribution in [2.45, 2.75) is 38.3 Å². The predicted octanol–water partition coefficient (Wildman–Crippen LogP) is 3.79. The molecule has 1 aliphatic rings. The van der Waals surface area contributed by atoms with Gasteiger partial charge in [-0.25, -0.2) is 4.39 Å². The average Bonchev–Trinajstić information content (AvgIpc) is 3.06.